The lowest BCUT2D eigenvalue weighted by Gasteiger charge is -2.09. The van der Waals surface area contributed by atoms with Crippen LogP contribution < -0.4 is 10.6 Å². The number of hydrogen-bond donors (Lipinski definition) is 3. The zero-order valence-corrected chi connectivity index (χ0v) is 16.7. The van der Waals surface area contributed by atoms with Gasteiger partial charge in [0.1, 0.15) is 0 Å². The number of benzene rings is 1. The summed E-state index contributed by atoms with van der Waals surface area (Å²) in [5, 5.41) is 8.68. The first-order valence-corrected chi connectivity index (χ1v) is 10.0. The zero-order valence-electron chi connectivity index (χ0n) is 15.9. The number of carbonyl (C=O) groups excluding carboxylic acids is 2. The highest BCUT2D eigenvalue weighted by Gasteiger charge is 2.16. The predicted octanol–water partition coefficient (Wildman–Crippen LogP) is 3.78. The Kier molecular flexibility index (Phi) is 5.96. The Balaban J connectivity index is 1.74. The molecule has 0 aliphatic heterocycles. The van der Waals surface area contributed by atoms with Crippen molar-refractivity contribution in [2.45, 2.75) is 39.7 Å². The van der Waals surface area contributed by atoms with Crippen molar-refractivity contribution in [3.63, 3.8) is 0 Å². The molecule has 0 fully saturated rings. The van der Waals surface area contributed by atoms with Gasteiger partial charge >= 0.3 is 0 Å². The van der Waals surface area contributed by atoms with Gasteiger partial charge in [-0.2, -0.15) is 0 Å². The number of H-pyrrole nitrogens is 1. The largest absolute Gasteiger partial charge is 0.354 e. The number of carbonyl (C=O) groups is 2. The van der Waals surface area contributed by atoms with Crippen molar-refractivity contribution < 1.29 is 9.59 Å². The average molecular weight is 384 g/mol. The third kappa shape index (κ3) is 4.77. The zero-order chi connectivity index (χ0) is 19.4. The molecule has 3 rings (SSSR count). The summed E-state index contributed by atoms with van der Waals surface area (Å²) in [6.45, 7) is 5.87. The highest BCUT2D eigenvalue weighted by Crippen LogP contribution is 2.34. The lowest BCUT2D eigenvalue weighted by atomic mass is 10.0. The first-order chi connectivity index (χ1) is 12.9. The summed E-state index contributed by atoms with van der Waals surface area (Å²) >= 11 is 1.68. The summed E-state index contributed by atoms with van der Waals surface area (Å²) in [7, 11) is 0. The third-order valence-corrected chi connectivity index (χ3v) is 5.21. The molecule has 0 aliphatic rings. The van der Waals surface area contributed by atoms with Crippen LogP contribution in [0.3, 0.4) is 0 Å². The summed E-state index contributed by atoms with van der Waals surface area (Å²) in [4.78, 5) is 28.6. The van der Waals surface area contributed by atoms with E-state index in [0.29, 0.717) is 12.8 Å². The monoisotopic (exact) mass is 383 g/mol. The number of rotatable bonds is 7. The average Bonchev–Trinajstić information content (AvgIpc) is 3.25. The Bertz CT molecular complexity index is 942. The number of aromatic amines is 1. The van der Waals surface area contributed by atoms with Crippen LogP contribution in [0.4, 0.5) is 0 Å². The van der Waals surface area contributed by atoms with Gasteiger partial charge in [0.05, 0.1) is 17.1 Å². The van der Waals surface area contributed by atoms with Crippen molar-refractivity contribution in [2.24, 2.45) is 0 Å². The summed E-state index contributed by atoms with van der Waals surface area (Å²) in [6.07, 6.45) is 0.961. The molecular formula is C21H25N3O2S. The molecule has 0 saturated heterocycles. The second kappa shape index (κ2) is 8.39. The Hall–Kier alpha value is -2.60. The lowest BCUT2D eigenvalue weighted by Crippen LogP contribution is -2.39. The van der Waals surface area contributed by atoms with Crippen LogP contribution >= 0.6 is 11.3 Å². The number of fused-ring (bicyclic) bond motifs is 1. The van der Waals surface area contributed by atoms with Crippen molar-refractivity contribution in [3.8, 4) is 10.6 Å². The number of amides is 2. The molecule has 2 aromatic heterocycles. The number of nitrogens with one attached hydrogen (secondary N) is 3. The maximum Gasteiger partial charge on any atom is 0.239 e. The molecule has 142 valence electrons. The Morgan fingerprint density at radius 1 is 1.19 bits per heavy atom. The van der Waals surface area contributed by atoms with E-state index >= 15 is 0 Å². The maximum absolute atomic E-state index is 12.2. The van der Waals surface area contributed by atoms with Gasteiger partial charge in [0.2, 0.25) is 11.8 Å². The van der Waals surface area contributed by atoms with E-state index in [0.717, 1.165) is 27.0 Å². The van der Waals surface area contributed by atoms with Crippen LogP contribution in [-0.4, -0.2) is 29.4 Å². The van der Waals surface area contributed by atoms with E-state index in [1.165, 1.54) is 5.56 Å². The van der Waals surface area contributed by atoms with Crippen LogP contribution in [0.15, 0.2) is 35.7 Å². The third-order valence-electron chi connectivity index (χ3n) is 4.33. The normalized spacial score (nSPS) is 11.1. The molecule has 5 nitrogen and oxygen atoms in total. The van der Waals surface area contributed by atoms with Gasteiger partial charge in [-0.15, -0.1) is 11.3 Å². The fourth-order valence-corrected chi connectivity index (χ4v) is 3.88. The lowest BCUT2D eigenvalue weighted by molar-refractivity contribution is -0.126. The van der Waals surface area contributed by atoms with E-state index in [-0.39, 0.29) is 24.4 Å². The fraction of sp³-hybridized carbons (Fsp3) is 0.333. The van der Waals surface area contributed by atoms with Crippen molar-refractivity contribution in [1.29, 1.82) is 0 Å². The first-order valence-electron chi connectivity index (χ1n) is 9.15. The maximum atomic E-state index is 12.2. The van der Waals surface area contributed by atoms with Crippen molar-refractivity contribution in [1.82, 2.24) is 15.6 Å². The highest BCUT2D eigenvalue weighted by atomic mass is 32.1. The quantitative estimate of drug-likeness (QED) is 0.581. The number of hydrogen-bond acceptors (Lipinski definition) is 3. The molecule has 2 heterocycles. The fourth-order valence-electron chi connectivity index (χ4n) is 3.13. The summed E-state index contributed by atoms with van der Waals surface area (Å²) in [5.41, 5.74) is 4.50. The van der Waals surface area contributed by atoms with Gasteiger partial charge in [-0.05, 0) is 56.3 Å². The number of thiophene rings is 1. The van der Waals surface area contributed by atoms with Crippen LogP contribution in [0, 0.1) is 6.92 Å². The molecule has 2 amide bonds. The minimum atomic E-state index is -0.166. The summed E-state index contributed by atoms with van der Waals surface area (Å²) < 4.78 is 0. The molecule has 0 spiro atoms. The minimum Gasteiger partial charge on any atom is -0.354 e. The van der Waals surface area contributed by atoms with E-state index in [1.807, 2.05) is 19.9 Å². The molecule has 3 aromatic rings. The summed E-state index contributed by atoms with van der Waals surface area (Å²) in [6, 6.07) is 10.5. The molecule has 0 radical (unpaired) electrons. The van der Waals surface area contributed by atoms with Gasteiger partial charge in [-0.3, -0.25) is 9.59 Å². The molecule has 0 saturated carbocycles. The molecule has 3 N–H and O–H groups in total. The predicted molar refractivity (Wildman–Crippen MR) is 111 cm³/mol. The van der Waals surface area contributed by atoms with E-state index in [2.05, 4.69) is 52.2 Å². The summed E-state index contributed by atoms with van der Waals surface area (Å²) in [5.74, 6) is -0.284. The minimum absolute atomic E-state index is 0.0157. The van der Waals surface area contributed by atoms with E-state index in [1.54, 1.807) is 11.3 Å². The Morgan fingerprint density at radius 3 is 2.70 bits per heavy atom. The molecule has 27 heavy (non-hydrogen) atoms. The molecule has 0 atom stereocenters. The van der Waals surface area contributed by atoms with E-state index < -0.39 is 0 Å². The van der Waals surface area contributed by atoms with Gasteiger partial charge in [-0.1, -0.05) is 17.7 Å². The molecule has 6 heteroatoms. The van der Waals surface area contributed by atoms with Gasteiger partial charge in [0.15, 0.2) is 0 Å². The first kappa shape index (κ1) is 19.2. The van der Waals surface area contributed by atoms with E-state index in [9.17, 15) is 9.59 Å². The van der Waals surface area contributed by atoms with Crippen LogP contribution in [-0.2, 0) is 16.0 Å². The molecule has 1 aromatic carbocycles. The second-order valence-corrected chi connectivity index (χ2v) is 7.95. The number of aryl methyl sites for hydroxylation is 2. The topological polar surface area (TPSA) is 74.0 Å². The van der Waals surface area contributed by atoms with E-state index in [4.69, 9.17) is 0 Å². The molecule has 0 bridgehead atoms. The Labute approximate surface area is 163 Å². The van der Waals surface area contributed by atoms with Crippen LogP contribution in [0.1, 0.15) is 31.4 Å². The van der Waals surface area contributed by atoms with Gasteiger partial charge in [0, 0.05) is 23.4 Å². The SMILES string of the molecule is Cc1ccc2[nH]c(-c3cccs3)c(CCC(=O)NCC(=O)NC(C)C)c2c1. The molecule has 0 aliphatic carbocycles. The van der Waals surface area contributed by atoms with Crippen molar-refractivity contribution in [3.05, 3.63) is 46.8 Å². The van der Waals surface area contributed by atoms with Crippen LogP contribution in [0.25, 0.3) is 21.5 Å². The highest BCUT2D eigenvalue weighted by molar-refractivity contribution is 7.13. The van der Waals surface area contributed by atoms with Crippen LogP contribution in [0.5, 0.6) is 0 Å². The molecule has 0 unspecified atom stereocenters. The standard InChI is InChI=1S/C21H25N3O2S/c1-13(2)23-20(26)12-22-19(25)9-7-15-16-11-14(3)6-8-17(16)24-21(15)18-5-4-10-27-18/h4-6,8,10-11,13,24H,7,9,12H2,1-3H3,(H,22,25)(H,23,26). The Morgan fingerprint density at radius 2 is 2.00 bits per heavy atom. The van der Waals surface area contributed by atoms with Crippen molar-refractivity contribution >= 4 is 34.1 Å². The number of aromatic nitrogens is 1. The molecular weight excluding hydrogens is 358 g/mol. The van der Waals surface area contributed by atoms with Gasteiger partial charge in [-0.25, -0.2) is 0 Å². The van der Waals surface area contributed by atoms with Gasteiger partial charge in [0.25, 0.3) is 0 Å². The van der Waals surface area contributed by atoms with Crippen LogP contribution in [0.2, 0.25) is 0 Å². The smallest absolute Gasteiger partial charge is 0.239 e. The second-order valence-electron chi connectivity index (χ2n) is 7.00. The van der Waals surface area contributed by atoms with Crippen molar-refractivity contribution in [2.75, 3.05) is 6.54 Å². The van der Waals surface area contributed by atoms with Gasteiger partial charge < -0.3 is 15.6 Å².